The highest BCUT2D eigenvalue weighted by Gasteiger charge is 2.15. The minimum atomic E-state index is -3.47. The standard InChI is InChI=1S/C17H18F2N2O3S/c1-3-9-25(23,24)21-16-6-4-5-15(11(16)2)20-17(22)12-7-8-13(18)14(19)10-12/h4-8,10,21H,3,9H2,1-2H3,(H,20,22). The van der Waals surface area contributed by atoms with Gasteiger partial charge in [-0.3, -0.25) is 9.52 Å². The first-order valence-electron chi connectivity index (χ1n) is 7.60. The van der Waals surface area contributed by atoms with Gasteiger partial charge in [-0.2, -0.15) is 0 Å². The maximum Gasteiger partial charge on any atom is 0.255 e. The number of hydrogen-bond donors (Lipinski definition) is 2. The zero-order valence-electron chi connectivity index (χ0n) is 13.8. The van der Waals surface area contributed by atoms with Crippen LogP contribution in [-0.2, 0) is 10.0 Å². The van der Waals surface area contributed by atoms with E-state index in [1.165, 1.54) is 0 Å². The summed E-state index contributed by atoms with van der Waals surface area (Å²) in [5, 5.41) is 2.57. The molecule has 8 heteroatoms. The SMILES string of the molecule is CCCS(=O)(=O)Nc1cccc(NC(=O)c2ccc(F)c(F)c2)c1C. The Kier molecular flexibility index (Phi) is 5.73. The molecular formula is C17H18F2N2O3S. The molecule has 0 unspecified atom stereocenters. The molecule has 0 heterocycles. The van der Waals surface area contributed by atoms with E-state index in [0.717, 1.165) is 18.2 Å². The molecule has 2 aromatic carbocycles. The van der Waals surface area contributed by atoms with Crippen molar-refractivity contribution in [2.45, 2.75) is 20.3 Å². The molecule has 2 aromatic rings. The first kappa shape index (κ1) is 18.9. The minimum Gasteiger partial charge on any atom is -0.322 e. The molecule has 0 aliphatic heterocycles. The Hall–Kier alpha value is -2.48. The molecular weight excluding hydrogens is 350 g/mol. The Morgan fingerprint density at radius 1 is 1.08 bits per heavy atom. The summed E-state index contributed by atoms with van der Waals surface area (Å²) in [7, 11) is -3.47. The molecule has 0 spiro atoms. The van der Waals surface area contributed by atoms with Crippen LogP contribution in [0.1, 0.15) is 29.3 Å². The van der Waals surface area contributed by atoms with E-state index in [4.69, 9.17) is 0 Å². The highest BCUT2D eigenvalue weighted by molar-refractivity contribution is 7.92. The van der Waals surface area contributed by atoms with Crippen molar-refractivity contribution in [1.29, 1.82) is 0 Å². The third-order valence-electron chi connectivity index (χ3n) is 3.50. The van der Waals surface area contributed by atoms with Gasteiger partial charge in [-0.25, -0.2) is 17.2 Å². The Morgan fingerprint density at radius 2 is 1.76 bits per heavy atom. The van der Waals surface area contributed by atoms with Gasteiger partial charge in [0, 0.05) is 11.3 Å². The van der Waals surface area contributed by atoms with Gasteiger partial charge < -0.3 is 5.32 Å². The average molecular weight is 368 g/mol. The number of nitrogens with one attached hydrogen (secondary N) is 2. The Balaban J connectivity index is 2.24. The number of halogens is 2. The molecule has 0 aromatic heterocycles. The van der Waals surface area contributed by atoms with Gasteiger partial charge in [-0.1, -0.05) is 13.0 Å². The molecule has 0 fully saturated rings. The second-order valence-corrected chi connectivity index (χ2v) is 7.32. The van der Waals surface area contributed by atoms with E-state index in [9.17, 15) is 22.0 Å². The van der Waals surface area contributed by atoms with Crippen molar-refractivity contribution in [1.82, 2.24) is 0 Å². The molecule has 2 rings (SSSR count). The number of sulfonamides is 1. The molecule has 0 aliphatic rings. The van der Waals surface area contributed by atoms with Crippen LogP contribution < -0.4 is 10.0 Å². The molecule has 0 aliphatic carbocycles. The summed E-state index contributed by atoms with van der Waals surface area (Å²) < 4.78 is 52.5. The zero-order chi connectivity index (χ0) is 18.6. The number of benzene rings is 2. The quantitative estimate of drug-likeness (QED) is 0.817. The number of carbonyl (C=O) groups excluding carboxylic acids is 1. The number of anilines is 2. The van der Waals surface area contributed by atoms with E-state index in [1.807, 2.05) is 0 Å². The molecule has 0 atom stereocenters. The van der Waals surface area contributed by atoms with Gasteiger partial charge in [-0.15, -0.1) is 0 Å². The van der Waals surface area contributed by atoms with Gasteiger partial charge >= 0.3 is 0 Å². The third kappa shape index (κ3) is 4.76. The van der Waals surface area contributed by atoms with Gasteiger partial charge in [0.1, 0.15) is 0 Å². The van der Waals surface area contributed by atoms with Gasteiger partial charge in [-0.05, 0) is 49.2 Å². The van der Waals surface area contributed by atoms with Crippen LogP contribution in [0.2, 0.25) is 0 Å². The van der Waals surface area contributed by atoms with Gasteiger partial charge in [0.15, 0.2) is 11.6 Å². The molecule has 5 nitrogen and oxygen atoms in total. The van der Waals surface area contributed by atoms with Crippen LogP contribution in [0.3, 0.4) is 0 Å². The average Bonchev–Trinajstić information content (AvgIpc) is 2.53. The smallest absolute Gasteiger partial charge is 0.255 e. The number of amides is 1. The van der Waals surface area contributed by atoms with Crippen molar-refractivity contribution in [3.63, 3.8) is 0 Å². The maximum absolute atomic E-state index is 13.2. The molecule has 134 valence electrons. The topological polar surface area (TPSA) is 75.3 Å². The van der Waals surface area contributed by atoms with E-state index < -0.39 is 27.6 Å². The van der Waals surface area contributed by atoms with Crippen molar-refractivity contribution < 1.29 is 22.0 Å². The van der Waals surface area contributed by atoms with E-state index in [2.05, 4.69) is 10.0 Å². The van der Waals surface area contributed by atoms with Crippen LogP contribution in [0.5, 0.6) is 0 Å². The highest BCUT2D eigenvalue weighted by Crippen LogP contribution is 2.25. The van der Waals surface area contributed by atoms with Crippen molar-refractivity contribution in [2.24, 2.45) is 0 Å². The summed E-state index contributed by atoms with van der Waals surface area (Å²) in [5.74, 6) is -2.81. The summed E-state index contributed by atoms with van der Waals surface area (Å²) in [6.07, 6.45) is 0.473. The number of hydrogen-bond acceptors (Lipinski definition) is 3. The van der Waals surface area contributed by atoms with Crippen LogP contribution in [0.25, 0.3) is 0 Å². The molecule has 0 saturated carbocycles. The highest BCUT2D eigenvalue weighted by atomic mass is 32.2. The summed E-state index contributed by atoms with van der Waals surface area (Å²) in [6, 6.07) is 7.58. The van der Waals surface area contributed by atoms with Gasteiger partial charge in [0.2, 0.25) is 10.0 Å². The van der Waals surface area contributed by atoms with E-state index in [1.54, 1.807) is 32.0 Å². The van der Waals surface area contributed by atoms with Crippen LogP contribution in [0, 0.1) is 18.6 Å². The van der Waals surface area contributed by atoms with Crippen LogP contribution in [-0.4, -0.2) is 20.1 Å². The fourth-order valence-corrected chi connectivity index (χ4v) is 3.40. The van der Waals surface area contributed by atoms with Crippen molar-refractivity contribution in [3.8, 4) is 0 Å². The monoisotopic (exact) mass is 368 g/mol. The second-order valence-electron chi connectivity index (χ2n) is 5.48. The maximum atomic E-state index is 13.2. The molecule has 0 saturated heterocycles. The largest absolute Gasteiger partial charge is 0.322 e. The number of rotatable bonds is 6. The summed E-state index contributed by atoms with van der Waals surface area (Å²) in [4.78, 5) is 12.2. The lowest BCUT2D eigenvalue weighted by Crippen LogP contribution is -2.18. The predicted molar refractivity (Wildman–Crippen MR) is 93.2 cm³/mol. The lowest BCUT2D eigenvalue weighted by Gasteiger charge is -2.14. The van der Waals surface area contributed by atoms with Crippen LogP contribution in [0.15, 0.2) is 36.4 Å². The minimum absolute atomic E-state index is 0.0160. The summed E-state index contributed by atoms with van der Waals surface area (Å²) in [6.45, 7) is 3.40. The van der Waals surface area contributed by atoms with Crippen molar-refractivity contribution >= 4 is 27.3 Å². The Labute approximate surface area is 145 Å². The fourth-order valence-electron chi connectivity index (χ4n) is 2.20. The first-order valence-corrected chi connectivity index (χ1v) is 9.25. The Bertz CT molecular complexity index is 899. The third-order valence-corrected chi connectivity index (χ3v) is 4.98. The summed E-state index contributed by atoms with van der Waals surface area (Å²) in [5.41, 5.74) is 1.18. The lowest BCUT2D eigenvalue weighted by atomic mass is 10.1. The van der Waals surface area contributed by atoms with Crippen LogP contribution in [0.4, 0.5) is 20.2 Å². The zero-order valence-corrected chi connectivity index (χ0v) is 14.6. The summed E-state index contributed by atoms with van der Waals surface area (Å²) >= 11 is 0. The van der Waals surface area contributed by atoms with E-state index >= 15 is 0 Å². The first-order chi connectivity index (χ1) is 11.7. The molecule has 0 radical (unpaired) electrons. The molecule has 25 heavy (non-hydrogen) atoms. The van der Waals surface area contributed by atoms with Gasteiger partial charge in [0.05, 0.1) is 11.4 Å². The van der Waals surface area contributed by atoms with E-state index in [0.29, 0.717) is 23.4 Å². The molecule has 0 bridgehead atoms. The molecule has 1 amide bonds. The van der Waals surface area contributed by atoms with Crippen LogP contribution >= 0.6 is 0 Å². The van der Waals surface area contributed by atoms with Gasteiger partial charge in [0.25, 0.3) is 5.91 Å². The second kappa shape index (κ2) is 7.60. The predicted octanol–water partition coefficient (Wildman–Crippen LogP) is 3.68. The lowest BCUT2D eigenvalue weighted by molar-refractivity contribution is 0.102. The number of carbonyl (C=O) groups is 1. The fraction of sp³-hybridized carbons (Fsp3) is 0.235. The Morgan fingerprint density at radius 3 is 2.40 bits per heavy atom. The van der Waals surface area contributed by atoms with E-state index in [-0.39, 0.29) is 11.3 Å². The molecule has 2 N–H and O–H groups in total. The van der Waals surface area contributed by atoms with Crippen molar-refractivity contribution in [2.75, 3.05) is 15.8 Å². The normalized spacial score (nSPS) is 11.2. The van der Waals surface area contributed by atoms with Crippen molar-refractivity contribution in [3.05, 3.63) is 59.2 Å².